The molecule has 1 saturated heterocycles. The van der Waals surface area contributed by atoms with Crippen LogP contribution in [0.3, 0.4) is 0 Å². The first kappa shape index (κ1) is 14.0. The van der Waals surface area contributed by atoms with Crippen LogP contribution in [-0.4, -0.2) is 25.1 Å². The molecule has 2 rings (SSSR count). The Morgan fingerprint density at radius 3 is 2.53 bits per heavy atom. The number of benzene rings is 1. The van der Waals surface area contributed by atoms with Crippen molar-refractivity contribution in [2.75, 3.05) is 13.1 Å². The summed E-state index contributed by atoms with van der Waals surface area (Å²) in [6.45, 7) is 8.19. The maximum Gasteiger partial charge on any atom is 0.274 e. The lowest BCUT2D eigenvalue weighted by Crippen LogP contribution is -2.30. The summed E-state index contributed by atoms with van der Waals surface area (Å²) in [5, 5.41) is 3.18. The smallest absolute Gasteiger partial charge is 0.274 e. The number of rotatable bonds is 3. The van der Waals surface area contributed by atoms with Crippen LogP contribution in [0.25, 0.3) is 0 Å². The second-order valence-electron chi connectivity index (χ2n) is 5.99. The molecule has 2 N–H and O–H groups in total. The van der Waals surface area contributed by atoms with E-state index in [4.69, 9.17) is 4.84 Å². The fraction of sp³-hybridized carbons (Fsp3) is 0.533. The highest BCUT2D eigenvalue weighted by atomic mass is 16.7. The van der Waals surface area contributed by atoms with E-state index < -0.39 is 0 Å². The van der Waals surface area contributed by atoms with Crippen LogP contribution in [0, 0.1) is 0 Å². The van der Waals surface area contributed by atoms with E-state index in [0.717, 1.165) is 19.5 Å². The zero-order chi connectivity index (χ0) is 13.9. The van der Waals surface area contributed by atoms with Crippen molar-refractivity contribution in [2.24, 2.45) is 0 Å². The van der Waals surface area contributed by atoms with Crippen molar-refractivity contribution in [3.8, 4) is 0 Å². The Hall–Kier alpha value is -1.39. The first-order valence-electron chi connectivity index (χ1n) is 6.74. The van der Waals surface area contributed by atoms with E-state index in [-0.39, 0.29) is 17.4 Å². The molecule has 0 bridgehead atoms. The van der Waals surface area contributed by atoms with Gasteiger partial charge in [-0.05, 0) is 36.1 Å². The van der Waals surface area contributed by atoms with Crippen LogP contribution in [0.15, 0.2) is 24.3 Å². The quantitative estimate of drug-likeness (QED) is 0.819. The lowest BCUT2D eigenvalue weighted by Gasteiger charge is -2.19. The van der Waals surface area contributed by atoms with Gasteiger partial charge in [0, 0.05) is 12.1 Å². The molecule has 0 radical (unpaired) electrons. The first-order valence-corrected chi connectivity index (χ1v) is 6.74. The summed E-state index contributed by atoms with van der Waals surface area (Å²) >= 11 is 0. The van der Waals surface area contributed by atoms with Crippen LogP contribution in [0.2, 0.25) is 0 Å². The Kier molecular flexibility index (Phi) is 4.22. The molecule has 1 unspecified atom stereocenters. The molecule has 1 fully saturated rings. The summed E-state index contributed by atoms with van der Waals surface area (Å²) < 4.78 is 0. The molecule has 19 heavy (non-hydrogen) atoms. The predicted octanol–water partition coefficient (Wildman–Crippen LogP) is 2.01. The van der Waals surface area contributed by atoms with Gasteiger partial charge in [-0.15, -0.1) is 0 Å². The molecular formula is C15H22N2O2. The highest BCUT2D eigenvalue weighted by Crippen LogP contribution is 2.22. The fourth-order valence-corrected chi connectivity index (χ4v) is 2.05. The second kappa shape index (κ2) is 5.72. The van der Waals surface area contributed by atoms with Gasteiger partial charge in [-0.2, -0.15) is 0 Å². The predicted molar refractivity (Wildman–Crippen MR) is 75.0 cm³/mol. The number of amides is 1. The molecule has 1 amide bonds. The summed E-state index contributed by atoms with van der Waals surface area (Å²) in [5.74, 6) is -0.188. The third-order valence-electron chi connectivity index (χ3n) is 3.35. The molecule has 1 aromatic carbocycles. The standard InChI is InChI=1S/C15H22N2O2/c1-15(2,3)12-6-4-11(5-7-12)14(18)17-19-13-8-9-16-10-13/h4-7,13,16H,8-10H2,1-3H3,(H,17,18). The molecule has 0 aromatic heterocycles. The minimum absolute atomic E-state index is 0.0813. The SMILES string of the molecule is CC(C)(C)c1ccc(C(=O)NOC2CCNC2)cc1. The summed E-state index contributed by atoms with van der Waals surface area (Å²) in [7, 11) is 0. The van der Waals surface area contributed by atoms with Crippen molar-refractivity contribution < 1.29 is 9.63 Å². The third kappa shape index (κ3) is 3.78. The van der Waals surface area contributed by atoms with Crippen molar-refractivity contribution >= 4 is 5.91 Å². The number of nitrogens with one attached hydrogen (secondary N) is 2. The minimum Gasteiger partial charge on any atom is -0.314 e. The maximum atomic E-state index is 11.9. The van der Waals surface area contributed by atoms with Crippen LogP contribution < -0.4 is 10.8 Å². The average Bonchev–Trinajstić information content (AvgIpc) is 2.88. The molecule has 1 aliphatic rings. The lowest BCUT2D eigenvalue weighted by molar-refractivity contribution is -0.00680. The number of hydrogen-bond acceptors (Lipinski definition) is 3. The highest BCUT2D eigenvalue weighted by molar-refractivity contribution is 5.93. The van der Waals surface area contributed by atoms with Gasteiger partial charge in [0.25, 0.3) is 5.91 Å². The van der Waals surface area contributed by atoms with E-state index in [1.54, 1.807) is 0 Å². The van der Waals surface area contributed by atoms with Gasteiger partial charge in [0.05, 0.1) is 6.10 Å². The lowest BCUT2D eigenvalue weighted by atomic mass is 9.87. The molecule has 0 spiro atoms. The largest absolute Gasteiger partial charge is 0.314 e. The molecule has 1 aromatic rings. The van der Waals surface area contributed by atoms with Gasteiger partial charge in [-0.25, -0.2) is 5.48 Å². The van der Waals surface area contributed by atoms with E-state index in [2.05, 4.69) is 31.6 Å². The maximum absolute atomic E-state index is 11.9. The Morgan fingerprint density at radius 1 is 1.32 bits per heavy atom. The normalized spacial score (nSPS) is 19.4. The van der Waals surface area contributed by atoms with E-state index >= 15 is 0 Å². The van der Waals surface area contributed by atoms with Gasteiger partial charge in [-0.3, -0.25) is 9.63 Å². The van der Waals surface area contributed by atoms with E-state index in [1.807, 2.05) is 24.3 Å². The van der Waals surface area contributed by atoms with Crippen LogP contribution in [0.4, 0.5) is 0 Å². The Morgan fingerprint density at radius 2 is 2.00 bits per heavy atom. The van der Waals surface area contributed by atoms with Gasteiger partial charge in [0.2, 0.25) is 0 Å². The van der Waals surface area contributed by atoms with Crippen molar-refractivity contribution in [2.45, 2.75) is 38.7 Å². The van der Waals surface area contributed by atoms with Crippen molar-refractivity contribution in [1.82, 2.24) is 10.8 Å². The van der Waals surface area contributed by atoms with E-state index in [1.165, 1.54) is 5.56 Å². The number of hydrogen-bond donors (Lipinski definition) is 2. The second-order valence-corrected chi connectivity index (χ2v) is 5.99. The van der Waals surface area contributed by atoms with Crippen LogP contribution in [0.5, 0.6) is 0 Å². The first-order chi connectivity index (χ1) is 8.97. The van der Waals surface area contributed by atoms with Crippen molar-refractivity contribution in [1.29, 1.82) is 0 Å². The Bertz CT molecular complexity index is 428. The number of carbonyl (C=O) groups is 1. The summed E-state index contributed by atoms with van der Waals surface area (Å²) in [5.41, 5.74) is 4.46. The molecule has 1 atom stereocenters. The molecule has 4 heteroatoms. The molecule has 104 valence electrons. The summed E-state index contributed by atoms with van der Waals surface area (Å²) in [6.07, 6.45) is 1.02. The molecule has 0 saturated carbocycles. The molecular weight excluding hydrogens is 240 g/mol. The number of hydroxylamine groups is 1. The average molecular weight is 262 g/mol. The van der Waals surface area contributed by atoms with E-state index in [9.17, 15) is 4.79 Å². The fourth-order valence-electron chi connectivity index (χ4n) is 2.05. The minimum atomic E-state index is -0.188. The molecule has 1 heterocycles. The van der Waals surface area contributed by atoms with Crippen LogP contribution in [-0.2, 0) is 10.3 Å². The van der Waals surface area contributed by atoms with Gasteiger partial charge in [0.1, 0.15) is 0 Å². The van der Waals surface area contributed by atoms with Crippen molar-refractivity contribution in [3.63, 3.8) is 0 Å². The Balaban J connectivity index is 1.92. The van der Waals surface area contributed by atoms with Crippen LogP contribution in [0.1, 0.15) is 43.1 Å². The van der Waals surface area contributed by atoms with Gasteiger partial charge in [-0.1, -0.05) is 32.9 Å². The summed E-state index contributed by atoms with van der Waals surface area (Å²) in [4.78, 5) is 17.3. The highest BCUT2D eigenvalue weighted by Gasteiger charge is 2.17. The molecule has 1 aliphatic heterocycles. The topological polar surface area (TPSA) is 50.4 Å². The van der Waals surface area contributed by atoms with Gasteiger partial charge < -0.3 is 5.32 Å². The van der Waals surface area contributed by atoms with E-state index in [0.29, 0.717) is 5.56 Å². The molecule has 4 nitrogen and oxygen atoms in total. The Labute approximate surface area is 114 Å². The third-order valence-corrected chi connectivity index (χ3v) is 3.35. The van der Waals surface area contributed by atoms with Crippen molar-refractivity contribution in [3.05, 3.63) is 35.4 Å². The summed E-state index contributed by atoms with van der Waals surface area (Å²) in [6, 6.07) is 7.66. The zero-order valence-electron chi connectivity index (χ0n) is 11.8. The number of carbonyl (C=O) groups excluding carboxylic acids is 1. The zero-order valence-corrected chi connectivity index (χ0v) is 11.8. The van der Waals surface area contributed by atoms with Crippen LogP contribution >= 0.6 is 0 Å². The molecule has 0 aliphatic carbocycles. The monoisotopic (exact) mass is 262 g/mol. The van der Waals surface area contributed by atoms with Gasteiger partial charge in [0.15, 0.2) is 0 Å². The van der Waals surface area contributed by atoms with Gasteiger partial charge >= 0.3 is 0 Å².